The van der Waals surface area contributed by atoms with Crippen LogP contribution in [0.2, 0.25) is 0 Å². The number of nitrogens with zero attached hydrogens (tertiary/aromatic N) is 1. The Hall–Kier alpha value is -0.330. The number of hydrogen-bond donors (Lipinski definition) is 1. The number of unbranched alkanes of at least 4 members (excludes halogenated alkanes) is 1. The zero-order valence-corrected chi connectivity index (χ0v) is 13.0. The zero-order chi connectivity index (χ0) is 14.3. The highest BCUT2D eigenvalue weighted by Gasteiger charge is 2.24. The summed E-state index contributed by atoms with van der Waals surface area (Å²) in [5.41, 5.74) is 0. The van der Waals surface area contributed by atoms with Gasteiger partial charge in [-0.2, -0.15) is 0 Å². The van der Waals surface area contributed by atoms with Gasteiger partial charge in [0.1, 0.15) is 0 Å². The molecule has 0 aromatic heterocycles. The van der Waals surface area contributed by atoms with Crippen molar-refractivity contribution in [1.29, 1.82) is 0 Å². The number of carbonyl (C=O) groups excluding carboxylic acids is 1. The van der Waals surface area contributed by atoms with Gasteiger partial charge >= 0.3 is 0 Å². The largest absolute Gasteiger partial charge is 0.343 e. The normalized spacial score (nSPS) is 17.7. The molecule has 0 saturated carbocycles. The molecule has 0 aliphatic carbocycles. The van der Waals surface area contributed by atoms with Crippen LogP contribution in [-0.2, 0) is 14.8 Å². The maximum Gasteiger partial charge on any atom is 0.222 e. The number of carbonyl (C=O) groups is 1. The number of likely N-dealkylation sites (tertiary alicyclic amines) is 1. The number of rotatable bonds is 7. The van der Waals surface area contributed by atoms with Crippen LogP contribution in [0.3, 0.4) is 0 Å². The van der Waals surface area contributed by atoms with E-state index >= 15 is 0 Å². The summed E-state index contributed by atoms with van der Waals surface area (Å²) in [6.07, 6.45) is 3.61. The Labute approximate surface area is 120 Å². The van der Waals surface area contributed by atoms with E-state index in [0.717, 1.165) is 12.8 Å². The van der Waals surface area contributed by atoms with E-state index < -0.39 is 10.0 Å². The molecule has 1 N–H and O–H groups in total. The summed E-state index contributed by atoms with van der Waals surface area (Å²) < 4.78 is 25.6. The Morgan fingerprint density at radius 1 is 1.32 bits per heavy atom. The monoisotopic (exact) mass is 310 g/mol. The Balaban J connectivity index is 2.30. The van der Waals surface area contributed by atoms with Gasteiger partial charge in [0.25, 0.3) is 0 Å². The molecule has 0 aromatic carbocycles. The molecule has 5 nitrogen and oxygen atoms in total. The third-order valence-corrected chi connectivity index (χ3v) is 5.07. The molecule has 0 spiro atoms. The maximum atomic E-state index is 11.9. The number of amides is 1. The second-order valence-corrected chi connectivity index (χ2v) is 7.24. The first-order chi connectivity index (χ1) is 8.98. The number of hydrogen-bond acceptors (Lipinski definition) is 3. The van der Waals surface area contributed by atoms with Gasteiger partial charge in [-0.05, 0) is 32.6 Å². The van der Waals surface area contributed by atoms with Crippen molar-refractivity contribution >= 4 is 27.5 Å². The highest BCUT2D eigenvalue weighted by Crippen LogP contribution is 2.13. The van der Waals surface area contributed by atoms with Crippen molar-refractivity contribution in [2.24, 2.45) is 0 Å². The minimum Gasteiger partial charge on any atom is -0.343 e. The van der Waals surface area contributed by atoms with Gasteiger partial charge in [-0.1, -0.05) is 0 Å². The van der Waals surface area contributed by atoms with Crippen molar-refractivity contribution < 1.29 is 13.2 Å². The second kappa shape index (κ2) is 8.07. The summed E-state index contributed by atoms with van der Waals surface area (Å²) in [5.74, 6) is 0.848. The lowest BCUT2D eigenvalue weighted by Crippen LogP contribution is -2.46. The fraction of sp³-hybridized carbons (Fsp3) is 0.917. The number of sulfonamides is 1. The first kappa shape index (κ1) is 16.7. The van der Waals surface area contributed by atoms with Gasteiger partial charge in [0.2, 0.25) is 15.9 Å². The standard InChI is InChI=1S/C12H23ClN2O3S/c1-2-19(17,18)14-11-6-9-15(10-7-11)12(16)5-3-4-8-13/h11,14H,2-10H2,1H3. The predicted octanol–water partition coefficient (Wildman–Crippen LogP) is 1.33. The number of nitrogens with one attached hydrogen (secondary N) is 1. The molecule has 19 heavy (non-hydrogen) atoms. The molecular weight excluding hydrogens is 288 g/mol. The maximum absolute atomic E-state index is 11.9. The fourth-order valence-electron chi connectivity index (χ4n) is 2.11. The average Bonchev–Trinajstić information content (AvgIpc) is 2.39. The van der Waals surface area contributed by atoms with Crippen LogP contribution in [-0.4, -0.2) is 50.0 Å². The van der Waals surface area contributed by atoms with Crippen LogP contribution in [0.25, 0.3) is 0 Å². The molecule has 0 radical (unpaired) electrons. The van der Waals surface area contributed by atoms with E-state index in [9.17, 15) is 13.2 Å². The van der Waals surface area contributed by atoms with Gasteiger partial charge in [0.05, 0.1) is 5.75 Å². The van der Waals surface area contributed by atoms with Crippen LogP contribution in [0.15, 0.2) is 0 Å². The van der Waals surface area contributed by atoms with Crippen LogP contribution in [0.4, 0.5) is 0 Å². The first-order valence-electron chi connectivity index (χ1n) is 6.82. The summed E-state index contributed by atoms with van der Waals surface area (Å²) in [7, 11) is -3.14. The molecule has 0 atom stereocenters. The molecule has 1 heterocycles. The van der Waals surface area contributed by atoms with Gasteiger partial charge < -0.3 is 4.90 Å². The Bertz CT molecular complexity index is 378. The summed E-state index contributed by atoms with van der Waals surface area (Å²) in [5, 5.41) is 0. The van der Waals surface area contributed by atoms with E-state index in [2.05, 4.69) is 4.72 Å². The third-order valence-electron chi connectivity index (χ3n) is 3.35. The molecule has 1 rings (SSSR count). The van der Waals surface area contributed by atoms with Crippen LogP contribution < -0.4 is 4.72 Å². The average molecular weight is 311 g/mol. The van der Waals surface area contributed by atoms with Gasteiger partial charge in [-0.15, -0.1) is 11.6 Å². The highest BCUT2D eigenvalue weighted by atomic mass is 35.5. The molecule has 0 unspecified atom stereocenters. The fourth-order valence-corrected chi connectivity index (χ4v) is 3.21. The molecule has 1 saturated heterocycles. The van der Waals surface area contributed by atoms with Crippen LogP contribution in [0.1, 0.15) is 39.0 Å². The third kappa shape index (κ3) is 6.10. The molecule has 1 fully saturated rings. The lowest BCUT2D eigenvalue weighted by molar-refractivity contribution is -0.132. The highest BCUT2D eigenvalue weighted by molar-refractivity contribution is 7.89. The van der Waals surface area contributed by atoms with Gasteiger partial charge in [-0.25, -0.2) is 13.1 Å². The lowest BCUT2D eigenvalue weighted by Gasteiger charge is -2.32. The predicted molar refractivity (Wildman–Crippen MR) is 76.8 cm³/mol. The van der Waals surface area contributed by atoms with Crippen LogP contribution >= 0.6 is 11.6 Å². The summed E-state index contributed by atoms with van der Waals surface area (Å²) in [6.45, 7) is 2.89. The molecule has 0 aromatic rings. The van der Waals surface area contributed by atoms with E-state index in [0.29, 0.717) is 38.2 Å². The molecule has 1 amide bonds. The Morgan fingerprint density at radius 2 is 1.95 bits per heavy atom. The smallest absolute Gasteiger partial charge is 0.222 e. The first-order valence-corrected chi connectivity index (χ1v) is 9.01. The Kier molecular flexibility index (Phi) is 7.10. The van der Waals surface area contributed by atoms with E-state index in [-0.39, 0.29) is 17.7 Å². The Morgan fingerprint density at radius 3 is 2.47 bits per heavy atom. The summed E-state index contributed by atoms with van der Waals surface area (Å²) in [6, 6.07) is -0.0307. The van der Waals surface area contributed by atoms with Crippen LogP contribution in [0, 0.1) is 0 Å². The number of piperidine rings is 1. The van der Waals surface area contributed by atoms with Gasteiger partial charge in [-0.3, -0.25) is 4.79 Å². The van der Waals surface area contributed by atoms with E-state index in [4.69, 9.17) is 11.6 Å². The molecule has 1 aliphatic rings. The lowest BCUT2D eigenvalue weighted by atomic mass is 10.1. The van der Waals surface area contributed by atoms with Crippen molar-refractivity contribution in [3.05, 3.63) is 0 Å². The minimum absolute atomic E-state index is 0.0307. The van der Waals surface area contributed by atoms with Crippen molar-refractivity contribution in [2.75, 3.05) is 24.7 Å². The van der Waals surface area contributed by atoms with E-state index in [1.54, 1.807) is 6.92 Å². The quantitative estimate of drug-likeness (QED) is 0.570. The topological polar surface area (TPSA) is 66.5 Å². The molecule has 0 bridgehead atoms. The van der Waals surface area contributed by atoms with Crippen molar-refractivity contribution in [3.8, 4) is 0 Å². The van der Waals surface area contributed by atoms with Crippen molar-refractivity contribution in [3.63, 3.8) is 0 Å². The summed E-state index contributed by atoms with van der Waals surface area (Å²) in [4.78, 5) is 13.7. The molecular formula is C12H23ClN2O3S. The number of halogens is 1. The summed E-state index contributed by atoms with van der Waals surface area (Å²) >= 11 is 5.58. The molecule has 112 valence electrons. The number of alkyl halides is 1. The SMILES string of the molecule is CCS(=O)(=O)NC1CCN(C(=O)CCCCCl)CC1. The molecule has 1 aliphatic heterocycles. The second-order valence-electron chi connectivity index (χ2n) is 4.82. The molecule has 7 heteroatoms. The van der Waals surface area contributed by atoms with Crippen molar-refractivity contribution in [1.82, 2.24) is 9.62 Å². The van der Waals surface area contributed by atoms with E-state index in [1.807, 2.05) is 4.90 Å². The van der Waals surface area contributed by atoms with Gasteiger partial charge in [0, 0.05) is 31.4 Å². The van der Waals surface area contributed by atoms with E-state index in [1.165, 1.54) is 0 Å². The van der Waals surface area contributed by atoms with Gasteiger partial charge in [0.15, 0.2) is 0 Å². The zero-order valence-electron chi connectivity index (χ0n) is 11.4. The van der Waals surface area contributed by atoms with Crippen LogP contribution in [0.5, 0.6) is 0 Å². The van der Waals surface area contributed by atoms with Crippen molar-refractivity contribution in [2.45, 2.75) is 45.1 Å². The minimum atomic E-state index is -3.14.